The topological polar surface area (TPSA) is 80.0 Å². The highest BCUT2D eigenvalue weighted by atomic mass is 16.1. The van der Waals surface area contributed by atoms with Crippen LogP contribution in [0.3, 0.4) is 0 Å². The maximum absolute atomic E-state index is 11.7. The Balaban J connectivity index is 1.95. The standard InChI is InChI=1S/C16H22N4O/c1-3-11(2)20-15(21)8-10-19-14-7-6-13-12(16(14)17)5-4-9-18-13/h4-7,9,11,19H,3,8,10,17H2,1-2H3,(H,20,21). The molecule has 5 heteroatoms. The maximum Gasteiger partial charge on any atom is 0.221 e. The van der Waals surface area contributed by atoms with Gasteiger partial charge in [-0.2, -0.15) is 0 Å². The number of hydrogen-bond acceptors (Lipinski definition) is 4. The molecule has 0 saturated heterocycles. The highest BCUT2D eigenvalue weighted by Gasteiger charge is 2.07. The number of nitrogens with one attached hydrogen (secondary N) is 2. The molecule has 21 heavy (non-hydrogen) atoms. The quantitative estimate of drug-likeness (QED) is 0.713. The molecule has 112 valence electrons. The molecule has 5 nitrogen and oxygen atoms in total. The van der Waals surface area contributed by atoms with Crippen molar-refractivity contribution in [2.24, 2.45) is 0 Å². The van der Waals surface area contributed by atoms with Crippen molar-refractivity contribution in [3.05, 3.63) is 30.5 Å². The van der Waals surface area contributed by atoms with Gasteiger partial charge in [0.15, 0.2) is 0 Å². The number of anilines is 2. The molecule has 1 aromatic heterocycles. The molecule has 0 aliphatic carbocycles. The van der Waals surface area contributed by atoms with Gasteiger partial charge >= 0.3 is 0 Å². The van der Waals surface area contributed by atoms with Crippen molar-refractivity contribution in [1.29, 1.82) is 0 Å². The fourth-order valence-corrected chi connectivity index (χ4v) is 2.09. The first-order valence-electron chi connectivity index (χ1n) is 7.28. The van der Waals surface area contributed by atoms with Crippen molar-refractivity contribution in [1.82, 2.24) is 10.3 Å². The van der Waals surface area contributed by atoms with Crippen LogP contribution in [0.4, 0.5) is 11.4 Å². The number of pyridine rings is 1. The summed E-state index contributed by atoms with van der Waals surface area (Å²) in [5.74, 6) is 0.0536. The first kappa shape index (κ1) is 15.1. The van der Waals surface area contributed by atoms with Crippen molar-refractivity contribution in [2.45, 2.75) is 32.7 Å². The second-order valence-electron chi connectivity index (χ2n) is 5.15. The van der Waals surface area contributed by atoms with Crippen LogP contribution in [0.15, 0.2) is 30.5 Å². The Labute approximate surface area is 124 Å². The van der Waals surface area contributed by atoms with Gasteiger partial charge < -0.3 is 16.4 Å². The van der Waals surface area contributed by atoms with E-state index < -0.39 is 0 Å². The van der Waals surface area contributed by atoms with Crippen LogP contribution in [-0.2, 0) is 4.79 Å². The molecule has 4 N–H and O–H groups in total. The van der Waals surface area contributed by atoms with Crippen molar-refractivity contribution in [3.8, 4) is 0 Å². The molecule has 0 aliphatic heterocycles. The van der Waals surface area contributed by atoms with Gasteiger partial charge in [-0.15, -0.1) is 0 Å². The number of rotatable bonds is 6. The van der Waals surface area contributed by atoms with Crippen molar-refractivity contribution < 1.29 is 4.79 Å². The molecule has 1 aromatic carbocycles. The lowest BCUT2D eigenvalue weighted by Crippen LogP contribution is -2.32. The van der Waals surface area contributed by atoms with Crippen molar-refractivity contribution in [3.63, 3.8) is 0 Å². The van der Waals surface area contributed by atoms with Crippen molar-refractivity contribution >= 4 is 28.2 Å². The summed E-state index contributed by atoms with van der Waals surface area (Å²) in [4.78, 5) is 16.0. The largest absolute Gasteiger partial charge is 0.397 e. The molecule has 1 amide bonds. The first-order valence-corrected chi connectivity index (χ1v) is 7.28. The van der Waals surface area contributed by atoms with E-state index in [4.69, 9.17) is 5.73 Å². The molecule has 2 aromatic rings. The van der Waals surface area contributed by atoms with Gasteiger partial charge in [0.25, 0.3) is 0 Å². The Bertz CT molecular complexity index is 627. The monoisotopic (exact) mass is 286 g/mol. The minimum atomic E-state index is 0.0536. The van der Waals surface area contributed by atoms with Crippen LogP contribution >= 0.6 is 0 Å². The summed E-state index contributed by atoms with van der Waals surface area (Å²) >= 11 is 0. The van der Waals surface area contributed by atoms with Gasteiger partial charge in [-0.1, -0.05) is 6.92 Å². The summed E-state index contributed by atoms with van der Waals surface area (Å²) in [5, 5.41) is 7.08. The zero-order valence-corrected chi connectivity index (χ0v) is 12.5. The lowest BCUT2D eigenvalue weighted by atomic mass is 10.1. The molecular weight excluding hydrogens is 264 g/mol. The van der Waals surface area contributed by atoms with E-state index in [2.05, 4.69) is 15.6 Å². The van der Waals surface area contributed by atoms with Crippen LogP contribution in [0.2, 0.25) is 0 Å². The molecule has 0 spiro atoms. The molecule has 0 saturated carbocycles. The third kappa shape index (κ3) is 3.84. The molecule has 0 radical (unpaired) electrons. The number of carbonyl (C=O) groups excluding carboxylic acids is 1. The van der Waals surface area contributed by atoms with Gasteiger partial charge in [0.2, 0.25) is 5.91 Å². The van der Waals surface area contributed by atoms with Gasteiger partial charge in [-0.3, -0.25) is 9.78 Å². The van der Waals surface area contributed by atoms with Crippen LogP contribution < -0.4 is 16.4 Å². The Hall–Kier alpha value is -2.30. The Morgan fingerprint density at radius 1 is 1.38 bits per heavy atom. The number of carbonyl (C=O) groups is 1. The van der Waals surface area contributed by atoms with Gasteiger partial charge in [-0.25, -0.2) is 0 Å². The smallest absolute Gasteiger partial charge is 0.221 e. The third-order valence-electron chi connectivity index (χ3n) is 3.51. The average Bonchev–Trinajstić information content (AvgIpc) is 2.49. The Morgan fingerprint density at radius 3 is 2.95 bits per heavy atom. The minimum Gasteiger partial charge on any atom is -0.397 e. The molecule has 2 rings (SSSR count). The molecule has 0 fully saturated rings. The minimum absolute atomic E-state index is 0.0536. The lowest BCUT2D eigenvalue weighted by molar-refractivity contribution is -0.121. The van der Waals surface area contributed by atoms with E-state index >= 15 is 0 Å². The number of amides is 1. The number of hydrogen-bond donors (Lipinski definition) is 3. The van der Waals surface area contributed by atoms with E-state index in [-0.39, 0.29) is 11.9 Å². The number of nitrogen functional groups attached to an aromatic ring is 1. The van der Waals surface area contributed by atoms with E-state index in [1.54, 1.807) is 6.20 Å². The fraction of sp³-hybridized carbons (Fsp3) is 0.375. The number of fused-ring (bicyclic) bond motifs is 1. The highest BCUT2D eigenvalue weighted by Crippen LogP contribution is 2.27. The maximum atomic E-state index is 11.7. The van der Waals surface area contributed by atoms with E-state index in [0.717, 1.165) is 23.0 Å². The normalized spacial score (nSPS) is 12.1. The zero-order valence-electron chi connectivity index (χ0n) is 12.5. The highest BCUT2D eigenvalue weighted by molar-refractivity contribution is 5.96. The summed E-state index contributed by atoms with van der Waals surface area (Å²) < 4.78 is 0. The molecule has 1 unspecified atom stereocenters. The average molecular weight is 286 g/mol. The zero-order chi connectivity index (χ0) is 15.2. The van der Waals surface area contributed by atoms with E-state index in [1.807, 2.05) is 38.1 Å². The lowest BCUT2D eigenvalue weighted by Gasteiger charge is -2.13. The third-order valence-corrected chi connectivity index (χ3v) is 3.51. The Morgan fingerprint density at radius 2 is 2.19 bits per heavy atom. The number of benzene rings is 1. The molecular formula is C16H22N4O. The van der Waals surface area contributed by atoms with Gasteiger partial charge in [0.1, 0.15) is 0 Å². The van der Waals surface area contributed by atoms with E-state index in [1.165, 1.54) is 0 Å². The predicted octanol–water partition coefficient (Wildman–Crippen LogP) is 2.53. The van der Waals surface area contributed by atoms with Crippen LogP contribution in [0, 0.1) is 0 Å². The number of aromatic nitrogens is 1. The SMILES string of the molecule is CCC(C)NC(=O)CCNc1ccc2ncccc2c1N. The van der Waals surface area contributed by atoms with Crippen LogP contribution in [0.5, 0.6) is 0 Å². The predicted molar refractivity (Wildman–Crippen MR) is 87.2 cm³/mol. The molecule has 1 heterocycles. The van der Waals surface area contributed by atoms with E-state index in [9.17, 15) is 4.79 Å². The summed E-state index contributed by atoms with van der Waals surface area (Å²) in [6.45, 7) is 4.60. The van der Waals surface area contributed by atoms with Gasteiger partial charge in [-0.05, 0) is 37.6 Å². The van der Waals surface area contributed by atoms with Crippen LogP contribution in [0.25, 0.3) is 10.9 Å². The first-order chi connectivity index (χ1) is 10.1. The van der Waals surface area contributed by atoms with Crippen LogP contribution in [-0.4, -0.2) is 23.5 Å². The summed E-state index contributed by atoms with van der Waals surface area (Å²) in [6.07, 6.45) is 3.10. The van der Waals surface area contributed by atoms with E-state index in [0.29, 0.717) is 18.7 Å². The Kier molecular flexibility index (Phi) is 4.98. The summed E-state index contributed by atoms with van der Waals surface area (Å²) in [6, 6.07) is 7.85. The van der Waals surface area contributed by atoms with Crippen molar-refractivity contribution in [2.75, 3.05) is 17.6 Å². The molecule has 1 atom stereocenters. The number of nitrogens with two attached hydrogens (primary N) is 1. The van der Waals surface area contributed by atoms with Crippen LogP contribution in [0.1, 0.15) is 26.7 Å². The fourth-order valence-electron chi connectivity index (χ4n) is 2.09. The molecule has 0 bridgehead atoms. The second-order valence-corrected chi connectivity index (χ2v) is 5.15. The summed E-state index contributed by atoms with van der Waals surface area (Å²) in [5.41, 5.74) is 8.51. The molecule has 0 aliphatic rings. The summed E-state index contributed by atoms with van der Waals surface area (Å²) in [7, 11) is 0. The number of nitrogens with zero attached hydrogens (tertiary/aromatic N) is 1. The van der Waals surface area contributed by atoms with Gasteiger partial charge in [0.05, 0.1) is 16.9 Å². The second kappa shape index (κ2) is 6.92. The van der Waals surface area contributed by atoms with Gasteiger partial charge in [0, 0.05) is 30.6 Å².